The number of amides is 1. The molecule has 0 atom stereocenters. The smallest absolute Gasteiger partial charge is 0.254 e. The average Bonchev–Trinajstić information content (AvgIpc) is 2.82. The molecule has 1 amide bonds. The van der Waals surface area contributed by atoms with Crippen LogP contribution in [0.5, 0.6) is 0 Å². The molecule has 106 valence electrons. The zero-order chi connectivity index (χ0) is 14.7. The summed E-state index contributed by atoms with van der Waals surface area (Å²) in [6.07, 6.45) is 0. The van der Waals surface area contributed by atoms with Crippen LogP contribution in [-0.4, -0.2) is 29.9 Å². The molecule has 0 saturated carbocycles. The van der Waals surface area contributed by atoms with Crippen LogP contribution in [0.1, 0.15) is 20.9 Å². The Morgan fingerprint density at radius 3 is 2.80 bits per heavy atom. The number of nitrogens with one attached hydrogen (secondary N) is 1. The zero-order valence-corrected chi connectivity index (χ0v) is 14.0. The monoisotopic (exact) mass is 353 g/mol. The molecule has 2 aromatic heterocycles. The van der Waals surface area contributed by atoms with Gasteiger partial charge in [-0.1, -0.05) is 0 Å². The number of carbonyl (C=O) groups excluding carboxylic acids is 1. The summed E-state index contributed by atoms with van der Waals surface area (Å²) in [5.41, 5.74) is 1.48. The van der Waals surface area contributed by atoms with Crippen LogP contribution < -0.4 is 5.32 Å². The molecule has 0 spiro atoms. The molecule has 0 saturated heterocycles. The average molecular weight is 354 g/mol. The molecule has 0 aromatic carbocycles. The summed E-state index contributed by atoms with van der Waals surface area (Å²) in [7, 11) is 3.60. The maximum absolute atomic E-state index is 12.4. The van der Waals surface area contributed by atoms with Gasteiger partial charge < -0.3 is 10.2 Å². The van der Waals surface area contributed by atoms with Gasteiger partial charge in [0, 0.05) is 40.1 Å². The lowest BCUT2D eigenvalue weighted by Gasteiger charge is -2.17. The van der Waals surface area contributed by atoms with Crippen molar-refractivity contribution < 1.29 is 4.79 Å². The minimum Gasteiger partial charge on any atom is -0.373 e. The number of hydrogen-bond acceptors (Lipinski definition) is 4. The van der Waals surface area contributed by atoms with Crippen molar-refractivity contribution in [1.29, 1.82) is 0 Å². The van der Waals surface area contributed by atoms with Crippen molar-refractivity contribution in [3.63, 3.8) is 0 Å². The van der Waals surface area contributed by atoms with Crippen molar-refractivity contribution >= 4 is 39.0 Å². The predicted molar refractivity (Wildman–Crippen MR) is 86.3 cm³/mol. The van der Waals surface area contributed by atoms with Crippen molar-refractivity contribution in [3.8, 4) is 0 Å². The van der Waals surface area contributed by atoms with Crippen LogP contribution in [0.3, 0.4) is 0 Å². The van der Waals surface area contributed by atoms with Gasteiger partial charge in [-0.3, -0.25) is 4.79 Å². The fourth-order valence-electron chi connectivity index (χ4n) is 1.88. The second-order valence-corrected chi connectivity index (χ2v) is 6.44. The van der Waals surface area contributed by atoms with Crippen LogP contribution in [0.4, 0.5) is 5.82 Å². The number of pyridine rings is 1. The Balaban J connectivity index is 2.15. The lowest BCUT2D eigenvalue weighted by molar-refractivity contribution is 0.0786. The molecule has 6 heteroatoms. The molecule has 0 bridgehead atoms. The first kappa shape index (κ1) is 15.0. The van der Waals surface area contributed by atoms with Crippen LogP contribution >= 0.6 is 27.3 Å². The summed E-state index contributed by atoms with van der Waals surface area (Å²) in [4.78, 5) is 19.6. The minimum atomic E-state index is -0.00322. The maximum Gasteiger partial charge on any atom is 0.254 e. The second-order valence-electron chi connectivity index (χ2n) is 4.52. The van der Waals surface area contributed by atoms with E-state index >= 15 is 0 Å². The summed E-state index contributed by atoms with van der Waals surface area (Å²) in [5.74, 6) is 0.706. The quantitative estimate of drug-likeness (QED) is 0.914. The molecule has 1 N–H and O–H groups in total. The van der Waals surface area contributed by atoms with E-state index in [0.717, 1.165) is 15.0 Å². The largest absolute Gasteiger partial charge is 0.373 e. The molecule has 2 rings (SSSR count). The summed E-state index contributed by atoms with van der Waals surface area (Å²) < 4.78 is 1.05. The molecule has 0 unspecified atom stereocenters. The van der Waals surface area contributed by atoms with E-state index < -0.39 is 0 Å². The van der Waals surface area contributed by atoms with E-state index in [9.17, 15) is 4.79 Å². The topological polar surface area (TPSA) is 45.2 Å². The molecule has 0 aliphatic carbocycles. The number of carbonyl (C=O) groups is 1. The van der Waals surface area contributed by atoms with Gasteiger partial charge in [-0.15, -0.1) is 11.3 Å². The first-order valence-electron chi connectivity index (χ1n) is 6.14. The summed E-state index contributed by atoms with van der Waals surface area (Å²) in [6.45, 7) is 2.49. The number of aromatic nitrogens is 1. The van der Waals surface area contributed by atoms with Crippen LogP contribution in [0.2, 0.25) is 0 Å². The Morgan fingerprint density at radius 2 is 2.20 bits per heavy atom. The molecule has 2 heterocycles. The van der Waals surface area contributed by atoms with E-state index in [1.165, 1.54) is 0 Å². The SMILES string of the molecule is CNc1cc(C(=O)N(C)Cc2cc(Br)cs2)cc(C)n1. The highest BCUT2D eigenvalue weighted by atomic mass is 79.9. The molecule has 4 nitrogen and oxygen atoms in total. The van der Waals surface area contributed by atoms with Gasteiger partial charge in [0.1, 0.15) is 5.82 Å². The summed E-state index contributed by atoms with van der Waals surface area (Å²) in [6, 6.07) is 5.62. The third-order valence-electron chi connectivity index (χ3n) is 2.82. The number of rotatable bonds is 4. The third-order valence-corrected chi connectivity index (χ3v) is 4.50. The van der Waals surface area contributed by atoms with Gasteiger partial charge in [-0.2, -0.15) is 0 Å². The highest BCUT2D eigenvalue weighted by Crippen LogP contribution is 2.21. The van der Waals surface area contributed by atoms with E-state index in [2.05, 4.69) is 26.2 Å². The van der Waals surface area contributed by atoms with E-state index in [1.807, 2.05) is 31.5 Å². The number of aryl methyl sites for hydroxylation is 1. The van der Waals surface area contributed by atoms with Crippen LogP contribution in [-0.2, 0) is 6.54 Å². The standard InChI is InChI=1S/C14H16BrN3OS/c1-9-4-10(5-13(16-2)17-9)14(19)18(3)7-12-6-11(15)8-20-12/h4-6,8H,7H2,1-3H3,(H,16,17). The first-order valence-corrected chi connectivity index (χ1v) is 7.81. The van der Waals surface area contributed by atoms with Crippen molar-refractivity contribution in [3.05, 3.63) is 44.2 Å². The van der Waals surface area contributed by atoms with Gasteiger partial charge in [-0.05, 0) is 41.1 Å². The molecule has 2 aromatic rings. The highest BCUT2D eigenvalue weighted by molar-refractivity contribution is 9.10. The van der Waals surface area contributed by atoms with Crippen LogP contribution in [0, 0.1) is 6.92 Å². The van der Waals surface area contributed by atoms with Gasteiger partial charge in [-0.25, -0.2) is 4.98 Å². The van der Waals surface area contributed by atoms with E-state index in [0.29, 0.717) is 17.9 Å². The van der Waals surface area contributed by atoms with Gasteiger partial charge in [0.15, 0.2) is 0 Å². The highest BCUT2D eigenvalue weighted by Gasteiger charge is 2.14. The fourth-order valence-corrected chi connectivity index (χ4v) is 3.39. The molecule has 20 heavy (non-hydrogen) atoms. The molecule has 0 aliphatic rings. The van der Waals surface area contributed by atoms with E-state index in [1.54, 1.807) is 29.4 Å². The van der Waals surface area contributed by atoms with Gasteiger partial charge >= 0.3 is 0 Å². The maximum atomic E-state index is 12.4. The predicted octanol–water partition coefficient (Wildman–Crippen LogP) is 3.53. The van der Waals surface area contributed by atoms with Crippen molar-refractivity contribution in [2.24, 2.45) is 0 Å². The number of nitrogens with zero attached hydrogens (tertiary/aromatic N) is 2. The lowest BCUT2D eigenvalue weighted by atomic mass is 10.2. The van der Waals surface area contributed by atoms with Crippen molar-refractivity contribution in [2.75, 3.05) is 19.4 Å². The normalized spacial score (nSPS) is 10.4. The Bertz CT molecular complexity index is 627. The molecule has 0 fully saturated rings. The Morgan fingerprint density at radius 1 is 1.45 bits per heavy atom. The number of anilines is 1. The van der Waals surface area contributed by atoms with E-state index in [-0.39, 0.29) is 5.91 Å². The van der Waals surface area contributed by atoms with Crippen LogP contribution in [0.25, 0.3) is 0 Å². The van der Waals surface area contributed by atoms with Crippen molar-refractivity contribution in [1.82, 2.24) is 9.88 Å². The zero-order valence-electron chi connectivity index (χ0n) is 11.6. The van der Waals surface area contributed by atoms with E-state index in [4.69, 9.17) is 0 Å². The first-order chi connectivity index (χ1) is 9.49. The van der Waals surface area contributed by atoms with Gasteiger partial charge in [0.25, 0.3) is 5.91 Å². The van der Waals surface area contributed by atoms with Crippen LogP contribution in [0.15, 0.2) is 28.1 Å². The Labute approximate surface area is 131 Å². The molecule has 0 radical (unpaired) electrons. The third kappa shape index (κ3) is 3.58. The molecular weight excluding hydrogens is 338 g/mol. The minimum absolute atomic E-state index is 0.00322. The lowest BCUT2D eigenvalue weighted by Crippen LogP contribution is -2.26. The van der Waals surface area contributed by atoms with Crippen molar-refractivity contribution in [2.45, 2.75) is 13.5 Å². The Kier molecular flexibility index (Phi) is 4.77. The molecular formula is C14H16BrN3OS. The summed E-state index contributed by atoms with van der Waals surface area (Å²) >= 11 is 5.06. The fraction of sp³-hybridized carbons (Fsp3) is 0.286. The summed E-state index contributed by atoms with van der Waals surface area (Å²) in [5, 5.41) is 4.99. The van der Waals surface area contributed by atoms with Gasteiger partial charge in [0.2, 0.25) is 0 Å². The number of halogens is 1. The van der Waals surface area contributed by atoms with Gasteiger partial charge in [0.05, 0.1) is 6.54 Å². The molecule has 0 aliphatic heterocycles. The Hall–Kier alpha value is -1.40. The second kappa shape index (κ2) is 6.37. The number of thiophene rings is 1. The number of hydrogen-bond donors (Lipinski definition) is 1.